The fraction of sp³-hybridized carbons (Fsp3) is 0.278. The number of benzene rings is 2. The van der Waals surface area contributed by atoms with Gasteiger partial charge in [0.2, 0.25) is 0 Å². The molecule has 2 aromatic carbocycles. The molecule has 1 N–H and O–H groups in total. The lowest BCUT2D eigenvalue weighted by molar-refractivity contribution is -0.137. The summed E-state index contributed by atoms with van der Waals surface area (Å²) in [7, 11) is 0. The molecule has 0 heterocycles. The molecule has 20 heavy (non-hydrogen) atoms. The number of aliphatic carboxylic acids is 1. The number of carboxylic acids is 1. The smallest absolute Gasteiger partial charge is 0.303 e. The van der Waals surface area contributed by atoms with Crippen molar-refractivity contribution in [3.8, 4) is 0 Å². The summed E-state index contributed by atoms with van der Waals surface area (Å²) in [6, 6.07) is 13.2. The van der Waals surface area contributed by atoms with E-state index in [1.165, 1.54) is 34.7 Å². The third-order valence-corrected chi connectivity index (χ3v) is 3.54. The van der Waals surface area contributed by atoms with Gasteiger partial charge in [-0.1, -0.05) is 42.5 Å². The van der Waals surface area contributed by atoms with Crippen molar-refractivity contribution in [1.29, 1.82) is 0 Å². The predicted octanol–water partition coefficient (Wildman–Crippen LogP) is 4.37. The van der Waals surface area contributed by atoms with E-state index < -0.39 is 5.97 Å². The van der Waals surface area contributed by atoms with E-state index in [-0.39, 0.29) is 6.42 Å². The summed E-state index contributed by atoms with van der Waals surface area (Å²) >= 11 is 0. The summed E-state index contributed by atoms with van der Waals surface area (Å²) in [6.07, 6.45) is 5.95. The van der Waals surface area contributed by atoms with Crippen molar-refractivity contribution < 1.29 is 9.90 Å². The van der Waals surface area contributed by atoms with Crippen LogP contribution in [0.3, 0.4) is 0 Å². The highest BCUT2D eigenvalue weighted by atomic mass is 16.4. The van der Waals surface area contributed by atoms with Crippen LogP contribution in [0.4, 0.5) is 0 Å². The van der Waals surface area contributed by atoms with Gasteiger partial charge >= 0.3 is 5.97 Å². The van der Waals surface area contributed by atoms with Crippen LogP contribution in [0.2, 0.25) is 0 Å². The van der Waals surface area contributed by atoms with Crippen molar-refractivity contribution in [2.24, 2.45) is 0 Å². The van der Waals surface area contributed by atoms with Gasteiger partial charge in [-0.25, -0.2) is 0 Å². The Morgan fingerprint density at radius 1 is 1.15 bits per heavy atom. The number of hydrogen-bond acceptors (Lipinski definition) is 1. The summed E-state index contributed by atoms with van der Waals surface area (Å²) in [4.78, 5) is 9.84. The second kappa shape index (κ2) is 6.90. The lowest BCUT2D eigenvalue weighted by Gasteiger charge is -1.99. The first-order valence-electron chi connectivity index (χ1n) is 7.04. The van der Waals surface area contributed by atoms with E-state index in [4.69, 9.17) is 5.11 Å². The molecule has 0 aliphatic heterocycles. The maximum absolute atomic E-state index is 9.84. The molecule has 104 valence electrons. The van der Waals surface area contributed by atoms with Gasteiger partial charge in [0, 0.05) is 6.42 Å². The number of allylic oxidation sites excluding steroid dienone is 1. The minimum Gasteiger partial charge on any atom is -0.481 e. The topological polar surface area (TPSA) is 37.3 Å². The highest BCUT2D eigenvalue weighted by Crippen LogP contribution is 2.29. The average molecular weight is 268 g/mol. The van der Waals surface area contributed by atoms with Crippen molar-refractivity contribution >= 4 is 16.7 Å². The summed E-state index contributed by atoms with van der Waals surface area (Å²) in [5.74, 6) is -0.730. The quantitative estimate of drug-likeness (QED) is 0.660. The first-order valence-corrected chi connectivity index (χ1v) is 7.04. The summed E-state index contributed by atoms with van der Waals surface area (Å²) in [6.45, 7) is 3.46. The average Bonchev–Trinajstić information content (AvgIpc) is 2.86. The summed E-state index contributed by atoms with van der Waals surface area (Å²) in [5, 5.41) is 11.0. The van der Waals surface area contributed by atoms with E-state index in [0.717, 1.165) is 6.42 Å². The Labute approximate surface area is 119 Å². The van der Waals surface area contributed by atoms with Crippen molar-refractivity contribution in [2.45, 2.75) is 32.1 Å². The molecule has 0 saturated carbocycles. The maximum Gasteiger partial charge on any atom is 0.303 e. The molecular weight excluding hydrogens is 248 g/mol. The van der Waals surface area contributed by atoms with E-state index in [2.05, 4.69) is 43.0 Å². The van der Waals surface area contributed by atoms with Crippen molar-refractivity contribution in [3.63, 3.8) is 0 Å². The van der Waals surface area contributed by atoms with Crippen LogP contribution in [0.15, 0.2) is 49.1 Å². The zero-order chi connectivity index (χ0) is 14.4. The Morgan fingerprint density at radius 3 is 2.25 bits per heavy atom. The van der Waals surface area contributed by atoms with E-state index in [9.17, 15) is 4.79 Å². The van der Waals surface area contributed by atoms with E-state index in [1.807, 2.05) is 0 Å². The minimum atomic E-state index is -0.730. The van der Waals surface area contributed by atoms with Gasteiger partial charge in [-0.15, -0.1) is 6.58 Å². The SMILES string of the molecule is C=CCCCC(=O)O.c1cc2c3c(cccc3c1)CC2. The molecule has 0 spiro atoms. The Morgan fingerprint density at radius 2 is 1.75 bits per heavy atom. The zero-order valence-electron chi connectivity index (χ0n) is 11.6. The van der Waals surface area contributed by atoms with Crippen LogP contribution in [0.5, 0.6) is 0 Å². The van der Waals surface area contributed by atoms with Gasteiger partial charge in [-0.3, -0.25) is 4.79 Å². The van der Waals surface area contributed by atoms with Crippen LogP contribution in [-0.4, -0.2) is 11.1 Å². The first-order chi connectivity index (χ1) is 9.72. The number of aryl methyl sites for hydroxylation is 2. The van der Waals surface area contributed by atoms with Gasteiger partial charge in [0.15, 0.2) is 0 Å². The molecule has 2 aromatic rings. The number of carboxylic acid groups (broad SMARTS) is 1. The summed E-state index contributed by atoms with van der Waals surface area (Å²) in [5.41, 5.74) is 3.06. The monoisotopic (exact) mass is 268 g/mol. The molecule has 2 nitrogen and oxygen atoms in total. The minimum absolute atomic E-state index is 0.256. The van der Waals surface area contributed by atoms with Gasteiger partial charge in [0.25, 0.3) is 0 Å². The molecule has 0 unspecified atom stereocenters. The molecule has 0 bridgehead atoms. The molecular formula is C18H20O2. The number of rotatable bonds is 4. The van der Waals surface area contributed by atoms with Crippen LogP contribution in [-0.2, 0) is 17.6 Å². The van der Waals surface area contributed by atoms with Crippen molar-refractivity contribution in [1.82, 2.24) is 0 Å². The zero-order valence-corrected chi connectivity index (χ0v) is 11.6. The highest BCUT2D eigenvalue weighted by Gasteiger charge is 2.11. The number of unbranched alkanes of at least 4 members (excludes halogenated alkanes) is 1. The second-order valence-corrected chi connectivity index (χ2v) is 5.01. The maximum atomic E-state index is 9.84. The van der Waals surface area contributed by atoms with E-state index in [1.54, 1.807) is 6.08 Å². The Bertz CT molecular complexity index is 575. The Kier molecular flexibility index (Phi) is 4.94. The van der Waals surface area contributed by atoms with Crippen LogP contribution in [0.1, 0.15) is 30.4 Å². The fourth-order valence-electron chi connectivity index (χ4n) is 2.59. The van der Waals surface area contributed by atoms with E-state index in [0.29, 0.717) is 6.42 Å². The second-order valence-electron chi connectivity index (χ2n) is 5.01. The van der Waals surface area contributed by atoms with Crippen LogP contribution in [0, 0.1) is 0 Å². The standard InChI is InChI=1S/C12H10.C6H10O2/c1-3-9-4-2-6-11-8-7-10(5-1)12(9)11;1-2-3-4-5-6(7)8/h1-6H,7-8H2;2H,1,3-5H2,(H,7,8). The Balaban J connectivity index is 0.000000163. The molecule has 0 saturated heterocycles. The lowest BCUT2D eigenvalue weighted by atomic mass is 10.1. The molecule has 0 radical (unpaired) electrons. The third kappa shape index (κ3) is 3.47. The Hall–Kier alpha value is -2.09. The van der Waals surface area contributed by atoms with Gasteiger partial charge in [-0.05, 0) is 47.6 Å². The first kappa shape index (κ1) is 14.3. The predicted molar refractivity (Wildman–Crippen MR) is 83.0 cm³/mol. The van der Waals surface area contributed by atoms with Gasteiger partial charge < -0.3 is 5.11 Å². The van der Waals surface area contributed by atoms with E-state index >= 15 is 0 Å². The third-order valence-electron chi connectivity index (χ3n) is 3.54. The lowest BCUT2D eigenvalue weighted by Crippen LogP contribution is -1.92. The van der Waals surface area contributed by atoms with Crippen molar-refractivity contribution in [2.75, 3.05) is 0 Å². The van der Waals surface area contributed by atoms with Crippen molar-refractivity contribution in [3.05, 3.63) is 60.2 Å². The van der Waals surface area contributed by atoms with Crippen LogP contribution in [0.25, 0.3) is 10.8 Å². The van der Waals surface area contributed by atoms with Gasteiger partial charge in [-0.2, -0.15) is 0 Å². The molecule has 0 aromatic heterocycles. The van der Waals surface area contributed by atoms with Crippen LogP contribution >= 0.6 is 0 Å². The largest absolute Gasteiger partial charge is 0.481 e. The number of carbonyl (C=O) groups is 1. The molecule has 0 atom stereocenters. The molecule has 0 fully saturated rings. The van der Waals surface area contributed by atoms with Gasteiger partial charge in [0.1, 0.15) is 0 Å². The molecule has 2 heteroatoms. The molecule has 1 aliphatic rings. The highest BCUT2D eigenvalue weighted by molar-refractivity contribution is 5.90. The molecule has 3 rings (SSSR count). The van der Waals surface area contributed by atoms with Crippen LogP contribution < -0.4 is 0 Å². The van der Waals surface area contributed by atoms with Gasteiger partial charge in [0.05, 0.1) is 0 Å². The normalized spacial score (nSPS) is 11.8. The fourth-order valence-corrected chi connectivity index (χ4v) is 2.59. The molecule has 1 aliphatic carbocycles. The summed E-state index contributed by atoms with van der Waals surface area (Å²) < 4.78 is 0. The molecule has 0 amide bonds. The number of hydrogen-bond donors (Lipinski definition) is 1.